The third kappa shape index (κ3) is 4.27. The van der Waals surface area contributed by atoms with Crippen LogP contribution >= 0.6 is 0 Å². The Hall–Kier alpha value is -2.61. The van der Waals surface area contributed by atoms with E-state index in [-0.39, 0.29) is 12.0 Å². The molecule has 2 N–H and O–H groups in total. The highest BCUT2D eigenvalue weighted by molar-refractivity contribution is 5.76. The number of carbonyl (C=O) groups is 1. The van der Waals surface area contributed by atoms with E-state index in [1.165, 1.54) is 7.11 Å². The van der Waals surface area contributed by atoms with Gasteiger partial charge >= 0.3 is 0 Å². The number of nitrogen functional groups attached to an aromatic ring is 1. The lowest BCUT2D eigenvalue weighted by molar-refractivity contribution is -0.139. The van der Waals surface area contributed by atoms with Crippen molar-refractivity contribution in [1.29, 1.82) is 0 Å². The van der Waals surface area contributed by atoms with Crippen molar-refractivity contribution < 1.29 is 18.8 Å². The quantitative estimate of drug-likeness (QED) is 0.875. The molecule has 1 aliphatic heterocycles. The summed E-state index contributed by atoms with van der Waals surface area (Å²) in [5, 5.41) is 3.73. The minimum absolute atomic E-state index is 0.0456. The van der Waals surface area contributed by atoms with Crippen LogP contribution in [-0.4, -0.2) is 47.8 Å². The molecule has 8 heteroatoms. The second kappa shape index (κ2) is 7.52. The fourth-order valence-electron chi connectivity index (χ4n) is 2.84. The van der Waals surface area contributed by atoms with Gasteiger partial charge in [-0.15, -0.1) is 0 Å². The van der Waals surface area contributed by atoms with E-state index in [0.717, 1.165) is 11.4 Å². The van der Waals surface area contributed by atoms with Gasteiger partial charge < -0.3 is 24.6 Å². The average Bonchev–Trinajstić information content (AvgIpc) is 3.07. The van der Waals surface area contributed by atoms with Crippen LogP contribution in [0.2, 0.25) is 0 Å². The van der Waals surface area contributed by atoms with Crippen LogP contribution in [0.25, 0.3) is 0 Å². The number of amides is 1. The van der Waals surface area contributed by atoms with E-state index < -0.39 is 0 Å². The number of hydrogen-bond acceptors (Lipinski definition) is 7. The fourth-order valence-corrected chi connectivity index (χ4v) is 2.84. The molecule has 3 rings (SSSR count). The van der Waals surface area contributed by atoms with Gasteiger partial charge in [-0.3, -0.25) is 9.78 Å². The number of nitrogens with two attached hydrogens (primary N) is 1. The van der Waals surface area contributed by atoms with Gasteiger partial charge in [0.2, 0.25) is 5.91 Å². The number of anilines is 1. The van der Waals surface area contributed by atoms with Gasteiger partial charge in [-0.05, 0) is 24.2 Å². The molecule has 0 spiro atoms. The van der Waals surface area contributed by atoms with Crippen molar-refractivity contribution in [3.8, 4) is 5.88 Å². The molecule has 134 valence electrons. The van der Waals surface area contributed by atoms with E-state index in [4.69, 9.17) is 19.7 Å². The first kappa shape index (κ1) is 17.2. The summed E-state index contributed by atoms with van der Waals surface area (Å²) >= 11 is 0. The maximum Gasteiger partial charge on any atom is 0.254 e. The Bertz CT molecular complexity index is 726. The van der Waals surface area contributed by atoms with Crippen molar-refractivity contribution in [2.75, 3.05) is 32.5 Å². The predicted molar refractivity (Wildman–Crippen MR) is 90.0 cm³/mol. The zero-order valence-corrected chi connectivity index (χ0v) is 14.4. The van der Waals surface area contributed by atoms with Crippen LogP contribution in [0.1, 0.15) is 29.7 Å². The summed E-state index contributed by atoms with van der Waals surface area (Å²) in [7, 11) is 1.52. The van der Waals surface area contributed by atoms with Gasteiger partial charge in [0.25, 0.3) is 5.88 Å². The molecule has 8 nitrogen and oxygen atoms in total. The molecule has 25 heavy (non-hydrogen) atoms. The van der Waals surface area contributed by atoms with Crippen LogP contribution in [-0.2, 0) is 16.0 Å². The lowest BCUT2D eigenvalue weighted by atomic mass is 10.1. The molecule has 2 aromatic rings. The van der Waals surface area contributed by atoms with Crippen molar-refractivity contribution >= 4 is 11.6 Å². The summed E-state index contributed by atoms with van der Waals surface area (Å²) < 4.78 is 15.9. The maximum atomic E-state index is 12.5. The van der Waals surface area contributed by atoms with Crippen LogP contribution in [0.5, 0.6) is 5.88 Å². The zero-order valence-electron chi connectivity index (χ0n) is 14.4. The van der Waals surface area contributed by atoms with Gasteiger partial charge in [0.15, 0.2) is 0 Å². The van der Waals surface area contributed by atoms with Gasteiger partial charge in [0.05, 0.1) is 26.0 Å². The second-order valence-electron chi connectivity index (χ2n) is 6.00. The Kier molecular flexibility index (Phi) is 5.18. The van der Waals surface area contributed by atoms with Crippen molar-refractivity contribution in [1.82, 2.24) is 15.0 Å². The van der Waals surface area contributed by atoms with Crippen LogP contribution < -0.4 is 10.5 Å². The van der Waals surface area contributed by atoms with E-state index in [2.05, 4.69) is 10.1 Å². The SMILES string of the molecule is COc1cc(CCC(=O)N2CCOC(c3cc(N)cc(C)n3)C2)on1. The summed E-state index contributed by atoms with van der Waals surface area (Å²) in [6.45, 7) is 3.39. The summed E-state index contributed by atoms with van der Waals surface area (Å²) in [6.07, 6.45) is 0.562. The number of nitrogens with zero attached hydrogens (tertiary/aromatic N) is 3. The number of carbonyl (C=O) groups excluding carboxylic acids is 1. The standard InChI is InChI=1S/C17H22N4O4/c1-11-7-12(18)8-14(19-11)15-10-21(5-6-24-15)17(22)4-3-13-9-16(23-2)20-25-13/h7-9,15H,3-6,10H2,1-2H3,(H2,18,19). The molecular weight excluding hydrogens is 324 g/mol. The van der Waals surface area contributed by atoms with Gasteiger partial charge in [0.1, 0.15) is 11.9 Å². The average molecular weight is 346 g/mol. The third-order valence-electron chi connectivity index (χ3n) is 4.08. The number of ether oxygens (including phenoxy) is 2. The largest absolute Gasteiger partial charge is 0.479 e. The lowest BCUT2D eigenvalue weighted by Crippen LogP contribution is -2.42. The van der Waals surface area contributed by atoms with E-state index in [1.807, 2.05) is 6.92 Å². The molecule has 1 amide bonds. The molecule has 3 heterocycles. The number of aryl methyl sites for hydroxylation is 2. The summed E-state index contributed by atoms with van der Waals surface area (Å²) in [6, 6.07) is 5.29. The van der Waals surface area contributed by atoms with Gasteiger partial charge in [-0.2, -0.15) is 0 Å². The van der Waals surface area contributed by atoms with E-state index in [0.29, 0.717) is 49.9 Å². The number of morpholine rings is 1. The number of aromatic nitrogens is 2. The molecular formula is C17H22N4O4. The monoisotopic (exact) mass is 346 g/mol. The molecule has 1 saturated heterocycles. The Balaban J connectivity index is 1.59. The Morgan fingerprint density at radius 1 is 1.44 bits per heavy atom. The normalized spacial score (nSPS) is 17.5. The van der Waals surface area contributed by atoms with Gasteiger partial charge in [-0.25, -0.2) is 0 Å². The Morgan fingerprint density at radius 3 is 3.00 bits per heavy atom. The molecule has 0 aromatic carbocycles. The van der Waals surface area contributed by atoms with Crippen LogP contribution in [0, 0.1) is 6.92 Å². The zero-order chi connectivity index (χ0) is 17.8. The maximum absolute atomic E-state index is 12.5. The lowest BCUT2D eigenvalue weighted by Gasteiger charge is -2.33. The summed E-state index contributed by atoms with van der Waals surface area (Å²) in [4.78, 5) is 18.8. The number of methoxy groups -OCH3 is 1. The molecule has 1 aliphatic rings. The molecule has 0 saturated carbocycles. The second-order valence-corrected chi connectivity index (χ2v) is 6.00. The third-order valence-corrected chi connectivity index (χ3v) is 4.08. The van der Waals surface area contributed by atoms with Crippen molar-refractivity contribution in [2.45, 2.75) is 25.9 Å². The number of hydrogen-bond donors (Lipinski definition) is 1. The molecule has 0 aliphatic carbocycles. The Labute approximate surface area is 145 Å². The fraction of sp³-hybridized carbons (Fsp3) is 0.471. The van der Waals surface area contributed by atoms with Crippen LogP contribution in [0.3, 0.4) is 0 Å². The molecule has 1 atom stereocenters. The summed E-state index contributed by atoms with van der Waals surface area (Å²) in [5.41, 5.74) is 8.12. The molecule has 0 bridgehead atoms. The first-order valence-corrected chi connectivity index (χ1v) is 8.18. The highest BCUT2D eigenvalue weighted by Gasteiger charge is 2.26. The van der Waals surface area contributed by atoms with Gasteiger partial charge in [-0.1, -0.05) is 0 Å². The molecule has 2 aromatic heterocycles. The van der Waals surface area contributed by atoms with Gasteiger partial charge in [0, 0.05) is 36.8 Å². The predicted octanol–water partition coefficient (Wildman–Crippen LogP) is 1.50. The smallest absolute Gasteiger partial charge is 0.254 e. The minimum Gasteiger partial charge on any atom is -0.479 e. The topological polar surface area (TPSA) is 104 Å². The van der Waals surface area contributed by atoms with Crippen LogP contribution in [0.4, 0.5) is 5.69 Å². The van der Waals surface area contributed by atoms with Crippen LogP contribution in [0.15, 0.2) is 22.7 Å². The first-order chi connectivity index (χ1) is 12.0. The van der Waals surface area contributed by atoms with Crippen molar-refractivity contribution in [3.05, 3.63) is 35.3 Å². The number of rotatable bonds is 5. The molecule has 1 fully saturated rings. The first-order valence-electron chi connectivity index (χ1n) is 8.18. The molecule has 1 unspecified atom stereocenters. The highest BCUT2D eigenvalue weighted by atomic mass is 16.5. The van der Waals surface area contributed by atoms with Crippen molar-refractivity contribution in [2.24, 2.45) is 0 Å². The highest BCUT2D eigenvalue weighted by Crippen LogP contribution is 2.23. The molecule has 0 radical (unpaired) electrons. The summed E-state index contributed by atoms with van der Waals surface area (Å²) in [5.74, 6) is 1.09. The Morgan fingerprint density at radius 2 is 2.28 bits per heavy atom. The van der Waals surface area contributed by atoms with Crippen molar-refractivity contribution in [3.63, 3.8) is 0 Å². The minimum atomic E-state index is -0.259. The van der Waals surface area contributed by atoms with E-state index >= 15 is 0 Å². The number of pyridine rings is 1. The van der Waals surface area contributed by atoms with E-state index in [9.17, 15) is 4.79 Å². The van der Waals surface area contributed by atoms with E-state index in [1.54, 1.807) is 23.1 Å².